The quantitative estimate of drug-likeness (QED) is 0.406. The molecule has 0 bridgehead atoms. The second-order valence-electron chi connectivity index (χ2n) is 3.50. The number of ether oxygens (including phenoxy) is 1. The average Bonchev–Trinajstić information content (AvgIpc) is 2.45. The summed E-state index contributed by atoms with van der Waals surface area (Å²) in [4.78, 5) is 23.9. The fraction of sp³-hybridized carbons (Fsp3) is 0.778. The Labute approximate surface area is 77.8 Å². The molecule has 1 heterocycles. The molecule has 2 unspecified atom stereocenters. The van der Waals surface area contributed by atoms with Gasteiger partial charge in [-0.1, -0.05) is 6.92 Å². The largest absolute Gasteiger partial charge is 0.462 e. The second kappa shape index (κ2) is 3.77. The molecule has 1 saturated heterocycles. The van der Waals surface area contributed by atoms with Gasteiger partial charge in [-0.3, -0.25) is 4.79 Å². The molecule has 0 saturated carbocycles. The molecule has 0 aromatic carbocycles. The summed E-state index contributed by atoms with van der Waals surface area (Å²) in [6.07, 6.45) is 0.962. The van der Waals surface area contributed by atoms with E-state index in [2.05, 4.69) is 11.7 Å². The Balaban J connectivity index is 2.63. The maximum Gasteiger partial charge on any atom is 0.396 e. The Hall–Kier alpha value is -1.06. The normalized spacial score (nSPS) is 27.5. The third-order valence-electron chi connectivity index (χ3n) is 2.76. The van der Waals surface area contributed by atoms with Gasteiger partial charge in [0.05, 0.1) is 7.11 Å². The first-order valence-electron chi connectivity index (χ1n) is 4.46. The van der Waals surface area contributed by atoms with Crippen LogP contribution in [-0.2, 0) is 14.3 Å². The van der Waals surface area contributed by atoms with Crippen LogP contribution in [0.5, 0.6) is 0 Å². The van der Waals surface area contributed by atoms with E-state index in [1.165, 1.54) is 7.11 Å². The topological polar surface area (TPSA) is 46.6 Å². The van der Waals surface area contributed by atoms with E-state index >= 15 is 0 Å². The molecule has 0 spiro atoms. The van der Waals surface area contributed by atoms with Crippen molar-refractivity contribution < 1.29 is 14.3 Å². The Morgan fingerprint density at radius 3 is 2.38 bits per heavy atom. The van der Waals surface area contributed by atoms with Gasteiger partial charge < -0.3 is 9.64 Å². The van der Waals surface area contributed by atoms with Crippen LogP contribution in [0.4, 0.5) is 0 Å². The molecule has 1 amide bonds. The summed E-state index contributed by atoms with van der Waals surface area (Å²) in [6, 6.07) is 0.145. The number of hydrogen-bond acceptors (Lipinski definition) is 3. The zero-order chi connectivity index (χ0) is 10.0. The van der Waals surface area contributed by atoms with Crippen LogP contribution < -0.4 is 0 Å². The van der Waals surface area contributed by atoms with E-state index in [1.54, 1.807) is 4.90 Å². The lowest BCUT2D eigenvalue weighted by atomic mass is 10.1. The Morgan fingerprint density at radius 1 is 1.38 bits per heavy atom. The van der Waals surface area contributed by atoms with Gasteiger partial charge in [0.25, 0.3) is 0 Å². The van der Waals surface area contributed by atoms with E-state index in [1.807, 2.05) is 6.92 Å². The first kappa shape index (κ1) is 10.0. The summed E-state index contributed by atoms with van der Waals surface area (Å²) in [5.74, 6) is -0.811. The third kappa shape index (κ3) is 1.82. The van der Waals surface area contributed by atoms with E-state index in [9.17, 15) is 9.59 Å². The molecule has 1 rings (SSSR count). The van der Waals surface area contributed by atoms with Crippen LogP contribution in [-0.4, -0.2) is 36.5 Å². The Morgan fingerprint density at radius 2 is 2.00 bits per heavy atom. The molecule has 74 valence electrons. The highest BCUT2D eigenvalue weighted by atomic mass is 16.5. The summed E-state index contributed by atoms with van der Waals surface area (Å²) in [6.45, 7) is 4.70. The van der Waals surface area contributed by atoms with E-state index in [0.717, 1.165) is 6.42 Å². The average molecular weight is 185 g/mol. The first-order chi connectivity index (χ1) is 6.07. The van der Waals surface area contributed by atoms with Crippen molar-refractivity contribution in [1.82, 2.24) is 4.90 Å². The lowest BCUT2D eigenvalue weighted by Gasteiger charge is -2.21. The molecule has 0 radical (unpaired) electrons. The number of hydrogen-bond donors (Lipinski definition) is 0. The molecule has 0 aromatic heterocycles. The zero-order valence-corrected chi connectivity index (χ0v) is 8.24. The van der Waals surface area contributed by atoms with Gasteiger partial charge in [-0.25, -0.2) is 4.79 Å². The van der Waals surface area contributed by atoms with Gasteiger partial charge in [0.2, 0.25) is 0 Å². The maximum absolute atomic E-state index is 11.4. The van der Waals surface area contributed by atoms with E-state index in [0.29, 0.717) is 12.5 Å². The standard InChI is InChI=1S/C9H15NO3/c1-6-4-5-10(7(6)2)8(11)9(12)13-3/h6-7H,4-5H2,1-3H3. The summed E-state index contributed by atoms with van der Waals surface area (Å²) in [7, 11) is 1.23. The number of nitrogens with zero attached hydrogens (tertiary/aromatic N) is 1. The number of likely N-dealkylation sites (tertiary alicyclic amines) is 1. The summed E-state index contributed by atoms with van der Waals surface area (Å²) in [5.41, 5.74) is 0. The van der Waals surface area contributed by atoms with Crippen molar-refractivity contribution in [1.29, 1.82) is 0 Å². The van der Waals surface area contributed by atoms with Crippen molar-refractivity contribution in [3.63, 3.8) is 0 Å². The molecule has 0 N–H and O–H groups in total. The van der Waals surface area contributed by atoms with Crippen molar-refractivity contribution in [2.45, 2.75) is 26.3 Å². The highest BCUT2D eigenvalue weighted by molar-refractivity contribution is 6.32. The fourth-order valence-electron chi connectivity index (χ4n) is 1.59. The molecule has 4 heteroatoms. The van der Waals surface area contributed by atoms with Crippen LogP contribution in [0, 0.1) is 5.92 Å². The van der Waals surface area contributed by atoms with Crippen LogP contribution in [0.25, 0.3) is 0 Å². The number of rotatable bonds is 0. The van der Waals surface area contributed by atoms with E-state index in [-0.39, 0.29) is 6.04 Å². The lowest BCUT2D eigenvalue weighted by molar-refractivity contribution is -0.158. The summed E-state index contributed by atoms with van der Waals surface area (Å²) < 4.78 is 4.38. The molecular weight excluding hydrogens is 170 g/mol. The zero-order valence-electron chi connectivity index (χ0n) is 8.24. The monoisotopic (exact) mass is 185 g/mol. The highest BCUT2D eigenvalue weighted by Gasteiger charge is 2.34. The van der Waals surface area contributed by atoms with Gasteiger partial charge in [-0.15, -0.1) is 0 Å². The van der Waals surface area contributed by atoms with Crippen molar-refractivity contribution in [3.05, 3.63) is 0 Å². The maximum atomic E-state index is 11.4. The van der Waals surface area contributed by atoms with Gasteiger partial charge in [0.1, 0.15) is 0 Å². The number of esters is 1. The predicted molar refractivity (Wildman–Crippen MR) is 47.0 cm³/mol. The third-order valence-corrected chi connectivity index (χ3v) is 2.76. The first-order valence-corrected chi connectivity index (χ1v) is 4.46. The molecule has 4 nitrogen and oxygen atoms in total. The highest BCUT2D eigenvalue weighted by Crippen LogP contribution is 2.23. The Bertz CT molecular complexity index is 227. The SMILES string of the molecule is COC(=O)C(=O)N1CCC(C)C1C. The van der Waals surface area contributed by atoms with Crippen LogP contribution in [0.1, 0.15) is 20.3 Å². The van der Waals surface area contributed by atoms with Crippen LogP contribution in [0.15, 0.2) is 0 Å². The molecule has 1 aliphatic rings. The van der Waals surface area contributed by atoms with Crippen LogP contribution >= 0.6 is 0 Å². The summed E-state index contributed by atoms with van der Waals surface area (Å²) >= 11 is 0. The minimum atomic E-state index is -0.763. The van der Waals surface area contributed by atoms with E-state index in [4.69, 9.17) is 0 Å². The Kier molecular flexibility index (Phi) is 2.90. The van der Waals surface area contributed by atoms with E-state index < -0.39 is 11.9 Å². The van der Waals surface area contributed by atoms with Gasteiger partial charge >= 0.3 is 11.9 Å². The molecule has 2 atom stereocenters. The molecule has 13 heavy (non-hydrogen) atoms. The smallest absolute Gasteiger partial charge is 0.396 e. The van der Waals surface area contributed by atoms with Crippen molar-refractivity contribution in [3.8, 4) is 0 Å². The molecule has 1 fully saturated rings. The predicted octanol–water partition coefficient (Wildman–Crippen LogP) is 0.416. The molecular formula is C9H15NO3. The van der Waals surface area contributed by atoms with Crippen molar-refractivity contribution in [2.24, 2.45) is 5.92 Å². The van der Waals surface area contributed by atoms with Gasteiger partial charge in [0, 0.05) is 12.6 Å². The van der Waals surface area contributed by atoms with Gasteiger partial charge in [0.15, 0.2) is 0 Å². The summed E-state index contributed by atoms with van der Waals surface area (Å²) in [5, 5.41) is 0. The number of carbonyl (C=O) groups is 2. The molecule has 0 aliphatic carbocycles. The molecule has 0 aromatic rings. The number of amides is 1. The number of methoxy groups -OCH3 is 1. The second-order valence-corrected chi connectivity index (χ2v) is 3.50. The fourth-order valence-corrected chi connectivity index (χ4v) is 1.59. The van der Waals surface area contributed by atoms with Gasteiger partial charge in [-0.2, -0.15) is 0 Å². The van der Waals surface area contributed by atoms with Crippen molar-refractivity contribution >= 4 is 11.9 Å². The molecule has 1 aliphatic heterocycles. The van der Waals surface area contributed by atoms with Crippen LogP contribution in [0.3, 0.4) is 0 Å². The minimum Gasteiger partial charge on any atom is -0.462 e. The minimum absolute atomic E-state index is 0.145. The van der Waals surface area contributed by atoms with Gasteiger partial charge in [-0.05, 0) is 19.3 Å². The van der Waals surface area contributed by atoms with Crippen LogP contribution in [0.2, 0.25) is 0 Å². The van der Waals surface area contributed by atoms with Crippen molar-refractivity contribution in [2.75, 3.05) is 13.7 Å². The lowest BCUT2D eigenvalue weighted by Crippen LogP contribution is -2.40. The number of carbonyl (C=O) groups excluding carboxylic acids is 2.